The van der Waals surface area contributed by atoms with Crippen LogP contribution in [-0.4, -0.2) is 45.4 Å². The van der Waals surface area contributed by atoms with Gasteiger partial charge in [0.25, 0.3) is 11.7 Å². The molecule has 7 nitrogen and oxygen atoms in total. The van der Waals surface area contributed by atoms with Gasteiger partial charge in [-0.25, -0.2) is 0 Å². The quantitative estimate of drug-likeness (QED) is 0.207. The summed E-state index contributed by atoms with van der Waals surface area (Å²) in [5.41, 5.74) is 3.84. The Hall–Kier alpha value is -4.52. The predicted octanol–water partition coefficient (Wildman–Crippen LogP) is 4.85. The average Bonchev–Trinajstić information content (AvgIpc) is 3.41. The number of amides is 1. The zero-order valence-corrected chi connectivity index (χ0v) is 20.0. The number of nitrogens with zero attached hydrogens (tertiary/aromatic N) is 1. The summed E-state index contributed by atoms with van der Waals surface area (Å²) in [6, 6.07) is 18.6. The van der Waals surface area contributed by atoms with Crippen molar-refractivity contribution in [3.63, 3.8) is 0 Å². The number of aliphatic hydroxyl groups is 1. The van der Waals surface area contributed by atoms with E-state index in [1.165, 1.54) is 17.0 Å². The summed E-state index contributed by atoms with van der Waals surface area (Å²) in [5.74, 6) is -0.944. The Bertz CT molecular complexity index is 1500. The lowest BCUT2D eigenvalue weighted by atomic mass is 9.93. The van der Waals surface area contributed by atoms with Crippen molar-refractivity contribution in [2.75, 3.05) is 13.7 Å². The molecule has 5 rings (SSSR count). The molecule has 0 bridgehead atoms. The van der Waals surface area contributed by atoms with Crippen molar-refractivity contribution in [2.24, 2.45) is 0 Å². The second-order valence-electron chi connectivity index (χ2n) is 8.87. The smallest absolute Gasteiger partial charge is 0.295 e. The Morgan fingerprint density at radius 3 is 2.53 bits per heavy atom. The fourth-order valence-electron chi connectivity index (χ4n) is 4.87. The minimum absolute atomic E-state index is 0.0258. The molecule has 7 heteroatoms. The molecule has 3 aromatic carbocycles. The molecule has 1 atom stereocenters. The van der Waals surface area contributed by atoms with Gasteiger partial charge in [-0.2, -0.15) is 0 Å². The van der Waals surface area contributed by atoms with Crippen molar-refractivity contribution < 1.29 is 24.5 Å². The van der Waals surface area contributed by atoms with Gasteiger partial charge in [-0.15, -0.1) is 0 Å². The van der Waals surface area contributed by atoms with Crippen LogP contribution in [0.1, 0.15) is 28.3 Å². The van der Waals surface area contributed by atoms with Crippen LogP contribution < -0.4 is 4.74 Å². The van der Waals surface area contributed by atoms with Gasteiger partial charge in [0.1, 0.15) is 17.3 Å². The topological polar surface area (TPSA) is 103 Å². The van der Waals surface area contributed by atoms with Crippen LogP contribution in [0.4, 0.5) is 0 Å². The molecular weight excluding hydrogens is 456 g/mol. The Labute approximate surface area is 208 Å². The highest BCUT2D eigenvalue weighted by atomic mass is 16.5. The van der Waals surface area contributed by atoms with E-state index < -0.39 is 17.7 Å². The Morgan fingerprint density at radius 2 is 1.81 bits per heavy atom. The molecule has 0 radical (unpaired) electrons. The summed E-state index contributed by atoms with van der Waals surface area (Å²) < 4.78 is 5.26. The summed E-state index contributed by atoms with van der Waals surface area (Å²) in [5, 5.41) is 22.2. The summed E-state index contributed by atoms with van der Waals surface area (Å²) in [6.07, 6.45) is 2.44. The number of rotatable bonds is 6. The zero-order valence-electron chi connectivity index (χ0n) is 20.0. The molecule has 1 aliphatic rings. The number of H-pyrrole nitrogens is 1. The molecule has 1 unspecified atom stereocenters. The first-order chi connectivity index (χ1) is 17.4. The Kier molecular flexibility index (Phi) is 5.98. The monoisotopic (exact) mass is 482 g/mol. The number of phenols is 1. The van der Waals surface area contributed by atoms with E-state index in [4.69, 9.17) is 4.74 Å². The third kappa shape index (κ3) is 3.98. The zero-order chi connectivity index (χ0) is 25.4. The molecule has 1 fully saturated rings. The molecule has 182 valence electrons. The SMILES string of the molecule is COc1ccc(/C(O)=C2\C(=O)C(=O)N(CCc3c[nH]c4ccccc34)C2c2ccc(O)cc2)c(C)c1. The minimum atomic E-state index is -0.794. The number of hydrogen-bond donors (Lipinski definition) is 3. The van der Waals surface area contributed by atoms with E-state index in [1.54, 1.807) is 44.4 Å². The largest absolute Gasteiger partial charge is 0.508 e. The number of nitrogens with one attached hydrogen (secondary N) is 1. The van der Waals surface area contributed by atoms with Crippen LogP contribution in [-0.2, 0) is 16.0 Å². The maximum Gasteiger partial charge on any atom is 0.295 e. The number of aliphatic hydroxyl groups excluding tert-OH is 1. The number of benzene rings is 3. The van der Waals surface area contributed by atoms with Crippen molar-refractivity contribution in [3.05, 3.63) is 101 Å². The Balaban J connectivity index is 1.58. The summed E-state index contributed by atoms with van der Waals surface area (Å²) in [7, 11) is 1.55. The molecule has 36 heavy (non-hydrogen) atoms. The van der Waals surface area contributed by atoms with Gasteiger partial charge in [-0.1, -0.05) is 30.3 Å². The maximum absolute atomic E-state index is 13.3. The summed E-state index contributed by atoms with van der Waals surface area (Å²) >= 11 is 0. The maximum atomic E-state index is 13.3. The van der Waals surface area contributed by atoms with Crippen LogP contribution in [0, 0.1) is 6.92 Å². The molecular formula is C29H26N2O5. The molecule has 0 spiro atoms. The molecule has 1 amide bonds. The molecule has 1 aliphatic heterocycles. The number of carbonyl (C=O) groups is 2. The van der Waals surface area contributed by atoms with Gasteiger partial charge in [-0.3, -0.25) is 9.59 Å². The number of carbonyl (C=O) groups excluding carboxylic acids is 2. The summed E-state index contributed by atoms with van der Waals surface area (Å²) in [4.78, 5) is 31.3. The number of phenolic OH excluding ortho intramolecular Hbond substituents is 1. The van der Waals surface area contributed by atoms with Crippen LogP contribution in [0.25, 0.3) is 16.7 Å². The van der Waals surface area contributed by atoms with E-state index in [0.29, 0.717) is 28.9 Å². The van der Waals surface area contributed by atoms with Crippen molar-refractivity contribution in [2.45, 2.75) is 19.4 Å². The number of fused-ring (bicyclic) bond motifs is 1. The lowest BCUT2D eigenvalue weighted by Crippen LogP contribution is -2.31. The third-order valence-corrected chi connectivity index (χ3v) is 6.73. The van der Waals surface area contributed by atoms with Crippen LogP contribution in [0.5, 0.6) is 11.5 Å². The lowest BCUT2D eigenvalue weighted by molar-refractivity contribution is -0.139. The van der Waals surface area contributed by atoms with E-state index in [-0.39, 0.29) is 23.6 Å². The van der Waals surface area contributed by atoms with Gasteiger partial charge in [0, 0.05) is 29.2 Å². The highest BCUT2D eigenvalue weighted by molar-refractivity contribution is 6.46. The van der Waals surface area contributed by atoms with Crippen LogP contribution in [0.15, 0.2) is 78.5 Å². The van der Waals surface area contributed by atoms with E-state index in [9.17, 15) is 19.8 Å². The normalized spacial score (nSPS) is 17.2. The van der Waals surface area contributed by atoms with Gasteiger partial charge >= 0.3 is 0 Å². The highest BCUT2D eigenvalue weighted by Gasteiger charge is 2.46. The second kappa shape index (κ2) is 9.26. The molecule has 0 saturated carbocycles. The number of aromatic nitrogens is 1. The summed E-state index contributed by atoms with van der Waals surface area (Å²) in [6.45, 7) is 2.08. The van der Waals surface area contributed by atoms with Crippen molar-refractivity contribution in [1.82, 2.24) is 9.88 Å². The van der Waals surface area contributed by atoms with E-state index in [2.05, 4.69) is 4.98 Å². The highest BCUT2D eigenvalue weighted by Crippen LogP contribution is 2.40. The fourth-order valence-corrected chi connectivity index (χ4v) is 4.87. The first-order valence-electron chi connectivity index (χ1n) is 11.7. The van der Waals surface area contributed by atoms with Crippen LogP contribution in [0.3, 0.4) is 0 Å². The second-order valence-corrected chi connectivity index (χ2v) is 8.87. The van der Waals surface area contributed by atoms with Crippen LogP contribution >= 0.6 is 0 Å². The molecule has 3 N–H and O–H groups in total. The van der Waals surface area contributed by atoms with E-state index in [0.717, 1.165) is 16.5 Å². The van der Waals surface area contributed by atoms with Crippen LogP contribution in [0.2, 0.25) is 0 Å². The number of ether oxygens (including phenoxy) is 1. The Morgan fingerprint density at radius 1 is 1.06 bits per heavy atom. The number of likely N-dealkylation sites (tertiary alicyclic amines) is 1. The minimum Gasteiger partial charge on any atom is -0.508 e. The number of Topliss-reactive ketones (excluding diaryl/α,β-unsaturated/α-hetero) is 1. The van der Waals surface area contributed by atoms with Crippen molar-refractivity contribution in [3.8, 4) is 11.5 Å². The average molecular weight is 483 g/mol. The van der Waals surface area contributed by atoms with Gasteiger partial charge in [0.2, 0.25) is 0 Å². The van der Waals surface area contributed by atoms with Gasteiger partial charge in [-0.05, 0) is 66.4 Å². The van der Waals surface area contributed by atoms with Gasteiger partial charge in [0.15, 0.2) is 0 Å². The molecule has 0 aliphatic carbocycles. The molecule has 1 aromatic heterocycles. The number of ketones is 1. The first kappa shape index (κ1) is 23.2. The van der Waals surface area contributed by atoms with E-state index in [1.807, 2.05) is 30.5 Å². The number of aromatic hydroxyl groups is 1. The number of aromatic amines is 1. The van der Waals surface area contributed by atoms with Crippen molar-refractivity contribution in [1.29, 1.82) is 0 Å². The van der Waals surface area contributed by atoms with Gasteiger partial charge in [0.05, 0.1) is 18.7 Å². The molecule has 4 aromatic rings. The van der Waals surface area contributed by atoms with Crippen molar-refractivity contribution >= 4 is 28.4 Å². The fraction of sp³-hybridized carbons (Fsp3) is 0.172. The molecule has 1 saturated heterocycles. The first-order valence-corrected chi connectivity index (χ1v) is 11.7. The predicted molar refractivity (Wildman–Crippen MR) is 137 cm³/mol. The number of para-hydroxylation sites is 1. The van der Waals surface area contributed by atoms with Gasteiger partial charge < -0.3 is 24.8 Å². The lowest BCUT2D eigenvalue weighted by Gasteiger charge is -2.25. The number of hydrogen-bond acceptors (Lipinski definition) is 5. The molecule has 2 heterocycles. The number of methoxy groups -OCH3 is 1. The standard InChI is InChI=1S/C29H26N2O5/c1-17-15-21(36-2)11-12-22(17)27(33)25-26(18-7-9-20(32)10-8-18)31(29(35)28(25)34)14-13-19-16-30-24-6-4-3-5-23(19)24/h3-12,15-16,26,30,32-33H,13-14H2,1-2H3/b27-25+. The van der Waals surface area contributed by atoms with E-state index >= 15 is 0 Å². The number of aryl methyl sites for hydroxylation is 1. The third-order valence-electron chi connectivity index (χ3n) is 6.73.